The summed E-state index contributed by atoms with van der Waals surface area (Å²) < 4.78 is 15.0. The van der Waals surface area contributed by atoms with E-state index in [1.54, 1.807) is 6.92 Å². The highest BCUT2D eigenvalue weighted by molar-refractivity contribution is 6.37. The minimum atomic E-state index is -1.00. The van der Waals surface area contributed by atoms with E-state index in [2.05, 4.69) is 15.4 Å². The van der Waals surface area contributed by atoms with Gasteiger partial charge in [0.1, 0.15) is 11.5 Å². The van der Waals surface area contributed by atoms with Crippen molar-refractivity contribution in [1.29, 1.82) is 0 Å². The zero-order valence-corrected chi connectivity index (χ0v) is 14.2. The van der Waals surface area contributed by atoms with Crippen LogP contribution in [0.1, 0.15) is 26.7 Å². The van der Waals surface area contributed by atoms with Crippen LogP contribution in [0.25, 0.3) is 0 Å². The normalized spacial score (nSPS) is 9.83. The summed E-state index contributed by atoms with van der Waals surface area (Å²) in [6.07, 6.45) is 1.08. The number of hydrogen-bond donors (Lipinski definition) is 2. The second-order valence-electron chi connectivity index (χ2n) is 4.73. The molecule has 0 spiro atoms. The quantitative estimate of drug-likeness (QED) is 0.582. The highest BCUT2D eigenvalue weighted by Crippen LogP contribution is 2.36. The largest absolute Gasteiger partial charge is 0.494 e. The van der Waals surface area contributed by atoms with E-state index in [1.165, 1.54) is 26.4 Å². The van der Waals surface area contributed by atoms with Gasteiger partial charge in [-0.2, -0.15) is 0 Å². The van der Waals surface area contributed by atoms with E-state index >= 15 is 0 Å². The van der Waals surface area contributed by atoms with Crippen molar-refractivity contribution in [1.82, 2.24) is 0 Å². The fourth-order valence-electron chi connectivity index (χ4n) is 1.90. The molecule has 2 amide bonds. The SMILES string of the molecule is CCCC(=O)Nc1cc(OC)c(NC(=O)C(=O)OCC)cc1OC. The van der Waals surface area contributed by atoms with Gasteiger partial charge in [-0.25, -0.2) is 4.79 Å². The number of amides is 2. The van der Waals surface area contributed by atoms with Crippen LogP contribution in [0.4, 0.5) is 11.4 Å². The molecule has 0 aliphatic rings. The fraction of sp³-hybridized carbons (Fsp3) is 0.438. The molecule has 2 N–H and O–H groups in total. The minimum absolute atomic E-state index is 0.0924. The van der Waals surface area contributed by atoms with Crippen LogP contribution < -0.4 is 20.1 Å². The predicted octanol–water partition coefficient (Wildman–Crippen LogP) is 1.94. The van der Waals surface area contributed by atoms with Gasteiger partial charge in [0.05, 0.1) is 32.2 Å². The molecule has 1 aromatic carbocycles. The van der Waals surface area contributed by atoms with Gasteiger partial charge < -0.3 is 24.8 Å². The van der Waals surface area contributed by atoms with Crippen molar-refractivity contribution in [3.05, 3.63) is 12.1 Å². The second kappa shape index (κ2) is 9.39. The molecule has 1 rings (SSSR count). The zero-order valence-electron chi connectivity index (χ0n) is 14.2. The van der Waals surface area contributed by atoms with Gasteiger partial charge in [-0.05, 0) is 13.3 Å². The monoisotopic (exact) mass is 338 g/mol. The Balaban J connectivity index is 3.07. The van der Waals surface area contributed by atoms with E-state index in [-0.39, 0.29) is 24.0 Å². The molecule has 1 aromatic rings. The number of rotatable bonds is 7. The Kier molecular flexibility index (Phi) is 7.54. The summed E-state index contributed by atoms with van der Waals surface area (Å²) in [5.41, 5.74) is 0.628. The first-order chi connectivity index (χ1) is 11.5. The lowest BCUT2D eigenvalue weighted by Crippen LogP contribution is -2.25. The second-order valence-corrected chi connectivity index (χ2v) is 4.73. The zero-order chi connectivity index (χ0) is 18.1. The van der Waals surface area contributed by atoms with Crippen LogP contribution in [-0.4, -0.2) is 38.6 Å². The Bertz CT molecular complexity index is 615. The molecule has 0 fully saturated rings. The Morgan fingerprint density at radius 1 is 0.958 bits per heavy atom. The first-order valence-electron chi connectivity index (χ1n) is 7.50. The van der Waals surface area contributed by atoms with Crippen molar-refractivity contribution in [2.75, 3.05) is 31.5 Å². The smallest absolute Gasteiger partial charge is 0.397 e. The van der Waals surface area contributed by atoms with Crippen LogP contribution in [0.5, 0.6) is 11.5 Å². The van der Waals surface area contributed by atoms with E-state index in [4.69, 9.17) is 9.47 Å². The minimum Gasteiger partial charge on any atom is -0.494 e. The Hall–Kier alpha value is -2.77. The summed E-state index contributed by atoms with van der Waals surface area (Å²) in [7, 11) is 2.83. The number of anilines is 2. The van der Waals surface area contributed by atoms with Crippen molar-refractivity contribution in [3.8, 4) is 11.5 Å². The van der Waals surface area contributed by atoms with Gasteiger partial charge in [0.15, 0.2) is 0 Å². The lowest BCUT2D eigenvalue weighted by molar-refractivity contribution is -0.152. The molecule has 0 atom stereocenters. The Morgan fingerprint density at radius 2 is 1.50 bits per heavy atom. The number of benzene rings is 1. The van der Waals surface area contributed by atoms with Gasteiger partial charge in [-0.3, -0.25) is 9.59 Å². The van der Waals surface area contributed by atoms with Crippen LogP contribution in [0.3, 0.4) is 0 Å². The van der Waals surface area contributed by atoms with Crippen LogP contribution >= 0.6 is 0 Å². The van der Waals surface area contributed by atoms with Gasteiger partial charge in [-0.15, -0.1) is 0 Å². The van der Waals surface area contributed by atoms with Gasteiger partial charge in [0, 0.05) is 18.6 Å². The lowest BCUT2D eigenvalue weighted by Gasteiger charge is -2.15. The van der Waals surface area contributed by atoms with Gasteiger partial charge in [0.2, 0.25) is 5.91 Å². The standard InChI is InChI=1S/C16H22N2O6/c1-5-7-14(19)17-10-8-13(23-4)11(9-12(10)22-3)18-15(20)16(21)24-6-2/h8-9H,5-7H2,1-4H3,(H,17,19)(H,18,20). The first kappa shape index (κ1) is 19.3. The molecule has 0 aromatic heterocycles. The number of carbonyl (C=O) groups is 3. The molecule has 0 radical (unpaired) electrons. The molecule has 8 heteroatoms. The Morgan fingerprint density at radius 3 is 1.96 bits per heavy atom. The first-order valence-corrected chi connectivity index (χ1v) is 7.50. The highest BCUT2D eigenvalue weighted by Gasteiger charge is 2.19. The van der Waals surface area contributed by atoms with Gasteiger partial charge in [0.25, 0.3) is 0 Å². The van der Waals surface area contributed by atoms with E-state index in [0.717, 1.165) is 0 Å². The van der Waals surface area contributed by atoms with Crippen molar-refractivity contribution in [3.63, 3.8) is 0 Å². The summed E-state index contributed by atoms with van der Waals surface area (Å²) in [5, 5.41) is 5.11. The molecule has 8 nitrogen and oxygen atoms in total. The third-order valence-corrected chi connectivity index (χ3v) is 2.98. The number of nitrogens with one attached hydrogen (secondary N) is 2. The Labute approximate surface area is 140 Å². The molecule has 0 heterocycles. The van der Waals surface area contributed by atoms with Crippen LogP contribution in [0.2, 0.25) is 0 Å². The molecule has 0 bridgehead atoms. The summed E-state index contributed by atoms with van der Waals surface area (Å²) in [4.78, 5) is 35.0. The summed E-state index contributed by atoms with van der Waals surface area (Å²) in [6, 6.07) is 2.96. The molecule has 132 valence electrons. The maximum atomic E-state index is 11.8. The fourth-order valence-corrected chi connectivity index (χ4v) is 1.90. The number of methoxy groups -OCH3 is 2. The third-order valence-electron chi connectivity index (χ3n) is 2.98. The average molecular weight is 338 g/mol. The molecular weight excluding hydrogens is 316 g/mol. The summed E-state index contributed by atoms with van der Waals surface area (Å²) in [6.45, 7) is 3.59. The highest BCUT2D eigenvalue weighted by atomic mass is 16.5. The molecule has 0 aliphatic heterocycles. The van der Waals surface area contributed by atoms with Crippen molar-refractivity contribution >= 4 is 29.2 Å². The summed E-state index contributed by atoms with van der Waals surface area (Å²) >= 11 is 0. The number of hydrogen-bond acceptors (Lipinski definition) is 6. The molecular formula is C16H22N2O6. The van der Waals surface area contributed by atoms with E-state index < -0.39 is 11.9 Å². The molecule has 0 saturated carbocycles. The van der Waals surface area contributed by atoms with Gasteiger partial charge in [-0.1, -0.05) is 6.92 Å². The molecule has 0 aliphatic carbocycles. The van der Waals surface area contributed by atoms with Crippen molar-refractivity contribution in [2.24, 2.45) is 0 Å². The van der Waals surface area contributed by atoms with Crippen LogP contribution in [0.15, 0.2) is 12.1 Å². The predicted molar refractivity (Wildman–Crippen MR) is 88.3 cm³/mol. The van der Waals surface area contributed by atoms with Gasteiger partial charge >= 0.3 is 11.9 Å². The van der Waals surface area contributed by atoms with E-state index in [0.29, 0.717) is 24.3 Å². The average Bonchev–Trinajstić information content (AvgIpc) is 2.55. The molecule has 0 unspecified atom stereocenters. The van der Waals surface area contributed by atoms with Crippen molar-refractivity contribution < 1.29 is 28.6 Å². The molecule has 0 saturated heterocycles. The summed E-state index contributed by atoms with van der Waals surface area (Å²) in [5.74, 6) is -1.51. The van der Waals surface area contributed by atoms with E-state index in [1.807, 2.05) is 6.92 Å². The van der Waals surface area contributed by atoms with Crippen LogP contribution in [0, 0.1) is 0 Å². The molecule has 24 heavy (non-hydrogen) atoms. The number of esters is 1. The lowest BCUT2D eigenvalue weighted by atomic mass is 10.2. The number of ether oxygens (including phenoxy) is 3. The topological polar surface area (TPSA) is 103 Å². The third kappa shape index (κ3) is 5.15. The maximum Gasteiger partial charge on any atom is 0.397 e. The van der Waals surface area contributed by atoms with Crippen molar-refractivity contribution in [2.45, 2.75) is 26.7 Å². The maximum absolute atomic E-state index is 11.8. The van der Waals surface area contributed by atoms with E-state index in [9.17, 15) is 14.4 Å². The number of carbonyl (C=O) groups excluding carboxylic acids is 3. The van der Waals surface area contributed by atoms with Crippen LogP contribution in [-0.2, 0) is 19.1 Å².